The number of nitrogens with two attached hydrogens (primary N) is 2. The molecule has 2 radical (unpaired) electrons. The van der Waals surface area contributed by atoms with E-state index in [0.29, 0.717) is 78.0 Å². The molecule has 3 unspecified atom stereocenters. The summed E-state index contributed by atoms with van der Waals surface area (Å²) in [6, 6.07) is 64.9. The molecule has 8 saturated heterocycles. The summed E-state index contributed by atoms with van der Waals surface area (Å²) in [6.07, 6.45) is -4.93. The second kappa shape index (κ2) is 63.9. The van der Waals surface area contributed by atoms with E-state index in [1.165, 1.54) is 19.6 Å². The summed E-state index contributed by atoms with van der Waals surface area (Å²) in [5.74, 6) is -0.678. The Balaban J connectivity index is 0.000000337. The summed E-state index contributed by atoms with van der Waals surface area (Å²) in [7, 11) is 0.226. The van der Waals surface area contributed by atoms with Crippen molar-refractivity contribution in [1.82, 2.24) is 39.6 Å². The van der Waals surface area contributed by atoms with Crippen LogP contribution in [0.4, 0.5) is 46.7 Å². The number of likely N-dealkylation sites (tertiary alicyclic amines) is 6. The van der Waals surface area contributed by atoms with Gasteiger partial charge in [-0.15, -0.1) is 0 Å². The SMILES string of the molecule is CC1CNC[C@H]1O.C[C@H]1CN(C(=O)OCc2ccccc2)C[C@@H]1O.C[C@H]1CN(C(=O)OCc2ccccc2)C[C@@H]1OS(C)(=O)=O.NC1CN(C(=O)OCc2ccccc2)C[C@H]1O.N[C@H]1CN(C(=O)OCc2ccccc2)C[C@@H]1O.O=C(OCc1ccccc1)N1CC2N=C(C(F)(F)F)O[C@@H]2C1.O=C(OCc1ccccc1)N1CC=CC1.O=C(OCc1ccccc1)N1C[C@@H]2O[C@@H]2C1.O=CO[O-].[2H][B].[H-].[K+].[K+].[U]. The van der Waals surface area contributed by atoms with Crippen LogP contribution in [-0.2, 0) is 113 Å². The van der Waals surface area contributed by atoms with Crippen molar-refractivity contribution < 1.29 is 273 Å². The van der Waals surface area contributed by atoms with Crippen molar-refractivity contribution in [3.05, 3.63) is 263 Å². The smallest absolute Gasteiger partial charge is 1.00 e. The molecule has 37 nitrogen and oxygen atoms in total. The van der Waals surface area contributed by atoms with E-state index < -0.39 is 83.1 Å². The number of fused-ring (bicyclic) bond motifs is 2. The van der Waals surface area contributed by atoms with E-state index in [0.717, 1.165) is 58.3 Å². The van der Waals surface area contributed by atoms with Gasteiger partial charge in [-0.1, -0.05) is 245 Å². The Morgan fingerprint density at radius 3 is 0.971 bits per heavy atom. The van der Waals surface area contributed by atoms with E-state index in [9.17, 15) is 70.5 Å². The number of carbonyl (C=O) groups excluding carboxylic acids is 8. The van der Waals surface area contributed by atoms with Crippen LogP contribution in [0.2, 0.25) is 0 Å². The Kier molecular flexibility index (Phi) is 55.0. The maximum absolute atomic E-state index is 12.5. The van der Waals surface area contributed by atoms with Gasteiger partial charge in [-0.05, 0) is 46.2 Å². The number of alkyl halides is 3. The van der Waals surface area contributed by atoms with Gasteiger partial charge in [0.05, 0.1) is 101 Å². The van der Waals surface area contributed by atoms with E-state index in [1.54, 1.807) is 14.7 Å². The number of hydrogen-bond donors (Lipinski definition) is 7. The predicted molar refractivity (Wildman–Crippen MR) is 493 cm³/mol. The van der Waals surface area contributed by atoms with Crippen LogP contribution < -0.4 is 125 Å². The molecule has 10 aliphatic heterocycles. The number of benzene rings is 7. The summed E-state index contributed by atoms with van der Waals surface area (Å²) in [4.78, 5) is 107. The molecule has 748 valence electrons. The van der Waals surface area contributed by atoms with Crippen molar-refractivity contribution >= 4 is 73.5 Å². The molecule has 8 fully saturated rings. The number of rotatable bonds is 17. The van der Waals surface area contributed by atoms with Gasteiger partial charge in [0.25, 0.3) is 22.5 Å². The molecule has 17 rings (SSSR count). The van der Waals surface area contributed by atoms with Crippen LogP contribution in [0, 0.1) is 48.9 Å². The van der Waals surface area contributed by atoms with Gasteiger partial charge < -0.3 is 126 Å². The molecule has 7 aromatic rings. The molecule has 10 heterocycles. The number of carbonyl (C=O) groups is 8. The summed E-state index contributed by atoms with van der Waals surface area (Å²) < 4.78 is 116. The summed E-state index contributed by atoms with van der Waals surface area (Å²) >= 11 is 0. The maximum atomic E-state index is 12.5. The molecule has 9 N–H and O–H groups in total. The van der Waals surface area contributed by atoms with Gasteiger partial charge in [-0.25, -0.2) is 38.6 Å². The van der Waals surface area contributed by atoms with Crippen molar-refractivity contribution in [3.8, 4) is 0 Å². The average Bonchev–Trinajstić information content (AvgIpc) is 1.63. The van der Waals surface area contributed by atoms with Crippen LogP contribution in [0.1, 0.15) is 61.1 Å². The molecule has 10 aliphatic rings. The van der Waals surface area contributed by atoms with Crippen LogP contribution in [0.3, 0.4) is 0 Å². The van der Waals surface area contributed by atoms with E-state index in [1.807, 2.05) is 245 Å². The molecule has 14 atom stereocenters. The molecule has 0 aromatic heterocycles. The van der Waals surface area contributed by atoms with Crippen molar-refractivity contribution in [3.63, 3.8) is 0 Å². The number of halogens is 3. The monoisotopic (exact) mass is 2250 g/mol. The van der Waals surface area contributed by atoms with Crippen LogP contribution >= 0.6 is 0 Å². The van der Waals surface area contributed by atoms with Crippen molar-refractivity contribution in [2.45, 2.75) is 140 Å². The first-order valence-electron chi connectivity index (χ1n) is 44.6. The van der Waals surface area contributed by atoms with E-state index in [-0.39, 0.29) is 268 Å². The van der Waals surface area contributed by atoms with E-state index in [4.69, 9.17) is 74.8 Å². The fourth-order valence-corrected chi connectivity index (χ4v) is 15.0. The van der Waals surface area contributed by atoms with Gasteiger partial charge >= 0.3 is 152 Å². The van der Waals surface area contributed by atoms with Crippen molar-refractivity contribution in [2.75, 3.05) is 111 Å². The number of epoxide rings is 1. The molecular formula is C95H121BF3K2N11O26SU. The second-order valence-corrected chi connectivity index (χ2v) is 34.8. The van der Waals surface area contributed by atoms with Gasteiger partial charge in [-0.3, -0.25) is 8.98 Å². The zero-order valence-electron chi connectivity index (χ0n) is 80.9. The number of aliphatic hydroxyl groups excluding tert-OH is 4. The Morgan fingerprint density at radius 1 is 0.443 bits per heavy atom. The number of hydrogen-bond acceptors (Lipinski definition) is 30. The number of morpholine rings is 1. The Bertz CT molecular complexity index is 4810. The predicted octanol–water partition coefficient (Wildman–Crippen LogP) is 1.37. The minimum absolute atomic E-state index is 0. The first-order valence-corrected chi connectivity index (χ1v) is 45.9. The minimum atomic E-state index is -4.58. The molecule has 7 amide bonds. The molecule has 45 heteroatoms. The number of aliphatic imine (C=N–C) groups is 1. The fourth-order valence-electron chi connectivity index (χ4n) is 14.3. The second-order valence-electron chi connectivity index (χ2n) is 33.2. The molecule has 0 bridgehead atoms. The van der Waals surface area contributed by atoms with E-state index in [2.05, 4.69) is 23.6 Å². The van der Waals surface area contributed by atoms with Gasteiger partial charge in [0.2, 0.25) is 0 Å². The zero-order chi connectivity index (χ0) is 100. The van der Waals surface area contributed by atoms with E-state index >= 15 is 0 Å². The first-order chi connectivity index (χ1) is 66.2. The zero-order valence-corrected chi connectivity index (χ0v) is 90.1. The third-order valence-corrected chi connectivity index (χ3v) is 22.8. The summed E-state index contributed by atoms with van der Waals surface area (Å²) in [5.41, 5.74) is 17.8. The number of aliphatic hydroxyl groups is 4. The number of amides is 7. The van der Waals surface area contributed by atoms with Gasteiger partial charge in [0.15, 0.2) is 0 Å². The molecule has 7 aromatic carbocycles. The topological polar surface area (TPSA) is 479 Å². The van der Waals surface area contributed by atoms with Gasteiger partial charge in [-0.2, -0.15) is 21.6 Å². The Labute approximate surface area is 926 Å². The standard InChI is InChI=1S/C14H13F3N2O3.C14H19NO5S.C13H17NO3.2C12H16N2O3.C12H13NO3.C12H13NO2.C5H11NO.CH2O3.BH.2K.U.H/c15-14(16,17)12-18-10-6-19(7-11(10)22-12)13(20)21-8-9-4-2-1-3-5-9;1-11-8-15(9-13(11)20-21(2,17)18)14(16)19-10-12-6-4-3-5-7-12;1-10-7-14(8-12(10)15)13(16)17-9-11-5-3-2-4-6-11;2*13-10-6-14(7-11(10)15)12(16)17-8-9-4-2-1-3-5-9;14-12(13-6-10-11(7-13)16-10)15-8-9-4-2-1-3-5-9;14-12(13-8-4-5-9-13)15-10-11-6-2-1-3-7-11;1-4-2-6-3-5(4)7;2-1-4-3;;;;;/h1-5,10-11H,6-8H2;3-7,11,13H,8-10H2,1-2H3;2-6,10,12,15H,7-9H2,1H3;2*1-5,10-11,15H,6-8,13H2;1-5,10-11H,6-8H2;1-7H,8-10H2;4-7H,2-3H2,1H3;1,3H;1H;;;;/q;;;;;;;;;;2*+1;;-1/p-1/t10?,11-;11-,13-;10-,12-;10?,11-;10-,11-;10-,11+;;4?,5-;;;;;;/m10010..1....../s1/i;;;;;;;;;1D;;;;. The molecule has 0 aliphatic carbocycles. The number of nitrogens with one attached hydrogen (secondary N) is 1. The van der Waals surface area contributed by atoms with Crippen LogP contribution in [0.25, 0.3) is 0 Å². The van der Waals surface area contributed by atoms with Crippen molar-refractivity contribution in [2.24, 2.45) is 34.2 Å². The quantitative estimate of drug-likeness (QED) is 0.00989. The van der Waals surface area contributed by atoms with Gasteiger partial charge in [0.1, 0.15) is 70.6 Å². The fraction of sp³-hybridized carbons (Fsp3) is 0.442. The molecule has 0 spiro atoms. The normalized spacial score (nSPS) is 22.6. The van der Waals surface area contributed by atoms with Crippen LogP contribution in [0.15, 0.2) is 229 Å². The Hall–Kier alpha value is -8.16. The third kappa shape index (κ3) is 43.8. The minimum Gasteiger partial charge on any atom is -1.00 e. The molecule has 0 saturated carbocycles. The molecular weight excluding hydrogens is 2130 g/mol. The molecule has 140 heavy (non-hydrogen) atoms. The maximum Gasteiger partial charge on any atom is 1.00 e. The number of β-amino-alcohol motifs (C(OH)–C–C–N with tert-alkyl or cyclic N) is 4. The average molecular weight is 2250 g/mol. The number of ether oxygens (including phenoxy) is 9. The third-order valence-electron chi connectivity index (χ3n) is 22.2. The first kappa shape index (κ1) is 121. The summed E-state index contributed by atoms with van der Waals surface area (Å²) in [5, 5.41) is 48.8. The summed E-state index contributed by atoms with van der Waals surface area (Å²) in [6.45, 7) is 14.7. The van der Waals surface area contributed by atoms with Crippen LogP contribution in [-0.4, -0.2) is 312 Å². The number of nitrogens with zero attached hydrogens (tertiary/aromatic N) is 8. The largest absolute Gasteiger partial charge is 1.00 e. The van der Waals surface area contributed by atoms with Crippen LogP contribution in [0.5, 0.6) is 0 Å². The van der Waals surface area contributed by atoms with Crippen molar-refractivity contribution in [1.29, 1.82) is 1.34 Å². The Morgan fingerprint density at radius 2 is 0.721 bits per heavy atom. The van der Waals surface area contributed by atoms with Gasteiger partial charge in [0, 0.05) is 104 Å².